The number of hydrogen-bond donors (Lipinski definition) is 2. The first-order valence-corrected chi connectivity index (χ1v) is 50.5. The quantitative estimate of drug-likeness (QED) is 0.0410. The molecule has 0 spiro atoms. The minimum atomic E-state index is -0.446. The number of halogens is 1. The van der Waals surface area contributed by atoms with Crippen LogP contribution in [-0.4, -0.2) is 75.0 Å². The molecular formula is C111H114ClN9O2P4Pd. The minimum absolute atomic E-state index is 0. The minimum Gasteiger partial charge on any atom is -0.352 e. The van der Waals surface area contributed by atoms with Crippen LogP contribution in [-0.2, 0) is 55.7 Å². The van der Waals surface area contributed by atoms with Crippen molar-refractivity contribution in [3.63, 3.8) is 0 Å². The van der Waals surface area contributed by atoms with Gasteiger partial charge in [0.15, 0.2) is 5.82 Å². The molecule has 4 aliphatic carbocycles. The van der Waals surface area contributed by atoms with E-state index in [4.69, 9.17) is 21.6 Å². The molecule has 0 radical (unpaired) electrons. The van der Waals surface area contributed by atoms with Crippen molar-refractivity contribution in [2.24, 2.45) is 0 Å². The summed E-state index contributed by atoms with van der Waals surface area (Å²) in [4.78, 5) is 52.1. The molecular weight excluding hydrogens is 1760 g/mol. The van der Waals surface area contributed by atoms with Gasteiger partial charge in [0.2, 0.25) is 17.1 Å². The Hall–Kier alpha value is -10.8. The number of aryl methyl sites for hydroxylation is 2. The normalized spacial score (nSPS) is 13.6. The van der Waals surface area contributed by atoms with Crippen LogP contribution in [0.1, 0.15) is 113 Å². The number of carbonyl (C=O) groups is 2. The molecule has 4 aliphatic rings. The van der Waals surface area contributed by atoms with E-state index < -0.39 is 31.7 Å². The Kier molecular flexibility index (Phi) is 37.2. The maximum absolute atomic E-state index is 12.9. The van der Waals surface area contributed by atoms with E-state index in [0.717, 1.165) is 98.5 Å². The summed E-state index contributed by atoms with van der Waals surface area (Å²) in [6, 6.07) is 135. The van der Waals surface area contributed by atoms with Crippen molar-refractivity contribution >= 4 is 130 Å². The summed E-state index contributed by atoms with van der Waals surface area (Å²) in [6.45, 7) is 3.89. The molecule has 3 heterocycles. The molecule has 19 rings (SSSR count). The second-order valence-electron chi connectivity index (χ2n) is 32.1. The first-order valence-electron chi connectivity index (χ1n) is 44.7. The van der Waals surface area contributed by atoms with Gasteiger partial charge >= 0.3 is 0 Å². The van der Waals surface area contributed by atoms with E-state index in [9.17, 15) is 9.59 Å². The van der Waals surface area contributed by atoms with Crippen LogP contribution in [0, 0.1) is 0 Å². The van der Waals surface area contributed by atoms with Crippen molar-refractivity contribution in [3.05, 3.63) is 416 Å². The van der Waals surface area contributed by atoms with Gasteiger partial charge in [0.05, 0.1) is 5.69 Å². The fourth-order valence-corrected chi connectivity index (χ4v) is 26.0. The predicted octanol–water partition coefficient (Wildman–Crippen LogP) is 20.0. The van der Waals surface area contributed by atoms with Crippen molar-refractivity contribution in [1.82, 2.24) is 35.6 Å². The molecule has 128 heavy (non-hydrogen) atoms. The van der Waals surface area contributed by atoms with Crippen LogP contribution in [0.25, 0.3) is 11.5 Å². The summed E-state index contributed by atoms with van der Waals surface area (Å²) in [6.07, 6.45) is 19.5. The van der Waals surface area contributed by atoms with Gasteiger partial charge in [-0.2, -0.15) is 0 Å². The van der Waals surface area contributed by atoms with Crippen LogP contribution in [0.4, 0.5) is 11.6 Å². The molecule has 2 N–H and O–H groups in total. The van der Waals surface area contributed by atoms with Crippen molar-refractivity contribution in [2.45, 2.75) is 141 Å². The van der Waals surface area contributed by atoms with E-state index in [1.807, 2.05) is 55.9 Å². The molecule has 652 valence electrons. The number of likely N-dealkylation sites (N-methyl/N-ethyl adjacent to an activating group) is 2. The van der Waals surface area contributed by atoms with Gasteiger partial charge in [-0.1, -0.05) is 409 Å². The van der Waals surface area contributed by atoms with Crippen molar-refractivity contribution in [3.8, 4) is 11.5 Å². The summed E-state index contributed by atoms with van der Waals surface area (Å²) in [5.74, 6) is 2.47. The Labute approximate surface area is 782 Å². The first-order chi connectivity index (χ1) is 62.5. The van der Waals surface area contributed by atoms with Gasteiger partial charge in [0.25, 0.3) is 0 Å². The number of nitrogens with zero attached hydrogens (tertiary/aromatic N) is 7. The molecule has 2 fully saturated rings. The third-order valence-corrected chi connectivity index (χ3v) is 33.3. The first kappa shape index (κ1) is 94.8. The summed E-state index contributed by atoms with van der Waals surface area (Å²) in [7, 11) is 2.10. The van der Waals surface area contributed by atoms with Crippen LogP contribution in [0.3, 0.4) is 0 Å². The maximum atomic E-state index is 12.9. The number of carbonyl (C=O) groups excluding carboxylic acids is 2. The molecule has 0 bridgehead atoms. The van der Waals surface area contributed by atoms with E-state index >= 15 is 0 Å². The average Bonchev–Trinajstić information content (AvgIpc) is 1.59. The fraction of sp³-hybridized carbons (Fsp3) is 0.216. The zero-order valence-electron chi connectivity index (χ0n) is 73.5. The van der Waals surface area contributed by atoms with Gasteiger partial charge in [0, 0.05) is 69.6 Å². The SMILES string of the molecule is C[C@H](C(=O)NC1CCCCC1)N(C)c1nc(-c2ccccn2)nc2c1CCC2.C[C@H](C(=O)NC1CCCCC1)N(C)c1nc(Cl)nc2c1CCC2.[Pd].c1ccc(P(c2ccccc2)c2ccccc2)cc1.c1ccc(P(c2ccccc2)c2ccccc2)cc1.c1ccc(P(c2ccccc2)c2ccccc2)cc1.c1ccc(P(c2ccccc2)c2ccccc2)cc1. The van der Waals surface area contributed by atoms with E-state index in [2.05, 4.69) is 390 Å². The molecule has 15 aromatic rings. The molecule has 11 nitrogen and oxygen atoms in total. The zero-order chi connectivity index (χ0) is 87.6. The summed E-state index contributed by atoms with van der Waals surface area (Å²) >= 11 is 6.06. The second kappa shape index (κ2) is 50.2. The average molecular weight is 1870 g/mol. The maximum Gasteiger partial charge on any atom is 0.242 e. The van der Waals surface area contributed by atoms with Gasteiger partial charge < -0.3 is 20.4 Å². The molecule has 2 saturated carbocycles. The number of aromatic nitrogens is 5. The van der Waals surface area contributed by atoms with E-state index in [0.29, 0.717) is 17.9 Å². The van der Waals surface area contributed by atoms with Gasteiger partial charge in [0.1, 0.15) is 29.4 Å². The van der Waals surface area contributed by atoms with Crippen molar-refractivity contribution in [2.75, 3.05) is 23.9 Å². The van der Waals surface area contributed by atoms with Crippen LogP contribution < -0.4 is 84.1 Å². The molecule has 0 aliphatic heterocycles. The largest absolute Gasteiger partial charge is 0.352 e. The number of rotatable bonds is 21. The summed E-state index contributed by atoms with van der Waals surface area (Å²) in [5.41, 5.74) is 5.23. The molecule has 3 aromatic heterocycles. The summed E-state index contributed by atoms with van der Waals surface area (Å²) < 4.78 is 0. The fourth-order valence-electron chi connectivity index (χ4n) is 16.6. The molecule has 17 heteroatoms. The van der Waals surface area contributed by atoms with Crippen LogP contribution >= 0.6 is 43.3 Å². The van der Waals surface area contributed by atoms with E-state index in [1.165, 1.54) is 108 Å². The molecule has 0 saturated heterocycles. The van der Waals surface area contributed by atoms with Crippen LogP contribution in [0.2, 0.25) is 5.28 Å². The van der Waals surface area contributed by atoms with Crippen LogP contribution in [0.15, 0.2) is 388 Å². The number of pyridine rings is 1. The number of nitrogens with one attached hydrogen (secondary N) is 2. The molecule has 12 aromatic carbocycles. The smallest absolute Gasteiger partial charge is 0.242 e. The third-order valence-electron chi connectivity index (χ3n) is 23.4. The molecule has 0 unspecified atom stereocenters. The van der Waals surface area contributed by atoms with Crippen LogP contribution in [0.5, 0.6) is 0 Å². The standard InChI is InChI=1S/C22H29N5O.4C18H15P.C17H25ClN4O.Pd/c1-15(22(28)24-16-9-4-3-5-10-16)27(2)21-17-11-8-13-18(17)25-20(26-21)19-12-6-7-14-23-19;4*1-4-10-16(11-5-1)19(17-12-6-2-7-13-17)18-14-8-3-9-15-18;1-11(16(23)19-12-7-4-3-5-8-12)22(2)15-13-9-6-10-14(13)20-17(18)21-15;/h6-7,12,14-16H,3-5,8-11,13H2,1-2H3,(H,24,28);4*1-15H;11-12H,3-10H2,1-2H3,(H,19,23);/t15-;;;;;11-;/m1....1./s1. The van der Waals surface area contributed by atoms with Gasteiger partial charge in [-0.25, -0.2) is 19.9 Å². The molecule has 2 atom stereocenters. The topological polar surface area (TPSA) is 129 Å². The second-order valence-corrected chi connectivity index (χ2v) is 41.3. The van der Waals surface area contributed by atoms with Gasteiger partial charge in [-0.15, -0.1) is 0 Å². The summed E-state index contributed by atoms with van der Waals surface area (Å²) in [5, 5.41) is 23.5. The Bertz CT molecular complexity index is 4920. The Balaban J connectivity index is 0.000000132. The van der Waals surface area contributed by atoms with Gasteiger partial charge in [-0.3, -0.25) is 14.6 Å². The van der Waals surface area contributed by atoms with E-state index in [-0.39, 0.29) is 49.6 Å². The molecule has 2 amide bonds. The van der Waals surface area contributed by atoms with Gasteiger partial charge in [-0.05, 0) is 197 Å². The van der Waals surface area contributed by atoms with E-state index in [1.54, 1.807) is 6.20 Å². The number of hydrogen-bond acceptors (Lipinski definition) is 9. The number of fused-ring (bicyclic) bond motifs is 2. The van der Waals surface area contributed by atoms with Crippen molar-refractivity contribution < 1.29 is 30.0 Å². The number of amides is 2. The Morgan fingerprint density at radius 2 is 0.539 bits per heavy atom. The Morgan fingerprint density at radius 1 is 0.305 bits per heavy atom. The third kappa shape index (κ3) is 26.7. The number of benzene rings is 12. The van der Waals surface area contributed by atoms with Crippen molar-refractivity contribution in [1.29, 1.82) is 0 Å². The predicted molar refractivity (Wildman–Crippen MR) is 543 cm³/mol. The Morgan fingerprint density at radius 3 is 0.781 bits per heavy atom. The monoisotopic (exact) mass is 1870 g/mol. The zero-order valence-corrected chi connectivity index (χ0v) is 79.4. The number of anilines is 2.